The van der Waals surface area contributed by atoms with E-state index in [2.05, 4.69) is 13.8 Å². The van der Waals surface area contributed by atoms with E-state index in [1.54, 1.807) is 19.1 Å². The molecule has 7 nitrogen and oxygen atoms in total. The maximum Gasteiger partial charge on any atom is 0.306 e. The molecule has 1 aliphatic heterocycles. The molecule has 4 aliphatic carbocycles. The molecule has 3 saturated carbocycles. The molecular formula is C29H38O7. The molecule has 9 atom stereocenters. The third-order valence-electron chi connectivity index (χ3n) is 9.84. The monoisotopic (exact) mass is 498 g/mol. The summed E-state index contributed by atoms with van der Waals surface area (Å²) in [6.45, 7) is 9.71. The van der Waals surface area contributed by atoms with Gasteiger partial charge in [0.15, 0.2) is 5.78 Å². The second-order valence-corrected chi connectivity index (χ2v) is 11.9. The molecule has 1 saturated heterocycles. The van der Waals surface area contributed by atoms with Crippen LogP contribution >= 0.6 is 0 Å². The number of esters is 2. The highest BCUT2D eigenvalue weighted by molar-refractivity contribution is 6.01. The van der Waals surface area contributed by atoms with Gasteiger partial charge in [-0.25, -0.2) is 0 Å². The number of ether oxygens (including phenoxy) is 3. The van der Waals surface area contributed by atoms with Crippen LogP contribution in [0, 0.1) is 28.6 Å². The lowest BCUT2D eigenvalue weighted by Crippen LogP contribution is -2.60. The fourth-order valence-corrected chi connectivity index (χ4v) is 8.46. The van der Waals surface area contributed by atoms with Crippen molar-refractivity contribution in [2.75, 3.05) is 0 Å². The summed E-state index contributed by atoms with van der Waals surface area (Å²) in [6, 6.07) is 0. The van der Waals surface area contributed by atoms with Gasteiger partial charge in [-0.05, 0) is 80.9 Å². The summed E-state index contributed by atoms with van der Waals surface area (Å²) in [5.74, 6) is -0.923. The Kier molecular flexibility index (Phi) is 6.09. The van der Waals surface area contributed by atoms with Crippen LogP contribution < -0.4 is 0 Å². The summed E-state index contributed by atoms with van der Waals surface area (Å²) in [4.78, 5) is 50.5. The van der Waals surface area contributed by atoms with Gasteiger partial charge >= 0.3 is 11.9 Å². The van der Waals surface area contributed by atoms with Crippen LogP contribution in [0.2, 0.25) is 0 Å². The Hall–Kier alpha value is -2.28. The molecule has 5 rings (SSSR count). The summed E-state index contributed by atoms with van der Waals surface area (Å²) in [7, 11) is 0. The quantitative estimate of drug-likeness (QED) is 0.382. The van der Waals surface area contributed by atoms with Crippen LogP contribution in [-0.2, 0) is 33.4 Å². The van der Waals surface area contributed by atoms with E-state index < -0.39 is 23.2 Å². The van der Waals surface area contributed by atoms with E-state index >= 15 is 0 Å². The van der Waals surface area contributed by atoms with E-state index in [-0.39, 0.29) is 52.8 Å². The molecule has 0 N–H and O–H groups in total. The summed E-state index contributed by atoms with van der Waals surface area (Å²) in [5, 5.41) is 0. The van der Waals surface area contributed by atoms with Crippen molar-refractivity contribution in [1.82, 2.24) is 0 Å². The van der Waals surface area contributed by atoms with Gasteiger partial charge in [0.1, 0.15) is 23.6 Å². The fraction of sp³-hybridized carbons (Fsp3) is 0.724. The average Bonchev–Trinajstić information content (AvgIpc) is 3.43. The van der Waals surface area contributed by atoms with Crippen LogP contribution in [0.1, 0.15) is 79.6 Å². The molecule has 1 heterocycles. The Balaban J connectivity index is 1.54. The van der Waals surface area contributed by atoms with Crippen molar-refractivity contribution in [1.29, 1.82) is 0 Å². The first kappa shape index (κ1) is 25.4. The number of ketones is 2. The maximum absolute atomic E-state index is 13.0. The fourth-order valence-electron chi connectivity index (χ4n) is 8.46. The van der Waals surface area contributed by atoms with E-state index in [1.807, 2.05) is 19.9 Å². The van der Waals surface area contributed by atoms with Gasteiger partial charge in [-0.15, -0.1) is 0 Å². The topological polar surface area (TPSA) is 99.3 Å². The smallest absolute Gasteiger partial charge is 0.306 e. The van der Waals surface area contributed by atoms with Crippen molar-refractivity contribution in [2.24, 2.45) is 28.6 Å². The predicted octanol–water partition coefficient (Wildman–Crippen LogP) is 4.27. The van der Waals surface area contributed by atoms with Gasteiger partial charge in [-0.3, -0.25) is 19.2 Å². The molecule has 4 fully saturated rings. The number of fused-ring (bicyclic) bond motifs is 3. The molecule has 1 spiro atoms. The van der Waals surface area contributed by atoms with Crippen molar-refractivity contribution in [3.63, 3.8) is 0 Å². The zero-order valence-electron chi connectivity index (χ0n) is 22.0. The molecule has 7 heteroatoms. The molecule has 0 aromatic rings. The minimum Gasteiger partial charge on any atom is -0.462 e. The van der Waals surface area contributed by atoms with E-state index in [1.165, 1.54) is 0 Å². The minimum atomic E-state index is -0.588. The molecule has 0 radical (unpaired) electrons. The van der Waals surface area contributed by atoms with Gasteiger partial charge in [0.2, 0.25) is 0 Å². The minimum absolute atomic E-state index is 0.00240. The Bertz CT molecular complexity index is 1060. The number of rotatable bonds is 7. The van der Waals surface area contributed by atoms with E-state index in [0.29, 0.717) is 44.9 Å². The third-order valence-corrected chi connectivity index (χ3v) is 9.84. The van der Waals surface area contributed by atoms with Gasteiger partial charge in [0.25, 0.3) is 0 Å². The molecule has 0 amide bonds. The number of hydrogen-bond donors (Lipinski definition) is 0. The zero-order valence-corrected chi connectivity index (χ0v) is 22.0. The number of Topliss-reactive ketones (excluding diaryl/α,β-unsaturated/α-hetero) is 1. The zero-order chi connectivity index (χ0) is 26.0. The number of carbonyl (C=O) groups excluding carboxylic acids is 4. The lowest BCUT2D eigenvalue weighted by Gasteiger charge is -2.55. The SMILES string of the molecule is CCCC(=O)OC1C[C@H]2[C@@H]3CC(OC(=O)CCC)[C@H](C(C)=O)[C@@]3(C)CC3O[C@]32[C@@]2(C)C=CC(=O)C=C12. The molecule has 0 aromatic carbocycles. The first-order chi connectivity index (χ1) is 17.0. The second-order valence-electron chi connectivity index (χ2n) is 11.9. The van der Waals surface area contributed by atoms with E-state index in [4.69, 9.17) is 14.2 Å². The van der Waals surface area contributed by atoms with Gasteiger partial charge in [-0.2, -0.15) is 0 Å². The highest BCUT2D eigenvalue weighted by atomic mass is 16.6. The van der Waals surface area contributed by atoms with Gasteiger partial charge in [-0.1, -0.05) is 26.8 Å². The van der Waals surface area contributed by atoms with E-state index in [0.717, 1.165) is 5.57 Å². The standard InChI is InChI=1S/C29H38O7/c1-6-8-24(32)34-21-14-19-18-13-22(35-25(33)9-7-2)26(16(3)30)27(18,4)15-23-29(19,36-23)28(5)11-10-17(31)12-20(21)28/h10-12,18-19,21-23,26H,6-9,13-15H2,1-5H3/t18-,19-,21?,22?,23?,26-,27-,28-,29-/m0/s1. The Labute approximate surface area is 213 Å². The number of epoxide rings is 1. The highest BCUT2D eigenvalue weighted by Crippen LogP contribution is 2.75. The molecule has 0 aromatic heterocycles. The summed E-state index contributed by atoms with van der Waals surface area (Å²) in [6.07, 6.45) is 7.97. The summed E-state index contributed by atoms with van der Waals surface area (Å²) < 4.78 is 18.5. The van der Waals surface area contributed by atoms with Crippen molar-refractivity contribution in [3.8, 4) is 0 Å². The van der Waals surface area contributed by atoms with Crippen molar-refractivity contribution < 1.29 is 33.4 Å². The van der Waals surface area contributed by atoms with Crippen molar-refractivity contribution >= 4 is 23.5 Å². The number of carbonyl (C=O) groups is 4. The molecular weight excluding hydrogens is 460 g/mol. The summed E-state index contributed by atoms with van der Waals surface area (Å²) in [5.41, 5.74) is -0.677. The molecule has 3 unspecified atom stereocenters. The average molecular weight is 499 g/mol. The predicted molar refractivity (Wildman–Crippen MR) is 131 cm³/mol. The van der Waals surface area contributed by atoms with Gasteiger partial charge in [0, 0.05) is 18.3 Å². The van der Waals surface area contributed by atoms with E-state index in [9.17, 15) is 19.2 Å². The largest absolute Gasteiger partial charge is 0.462 e. The maximum atomic E-state index is 13.0. The number of allylic oxidation sites excluding steroid dienone is 2. The lowest BCUT2D eigenvalue weighted by molar-refractivity contribution is -0.154. The normalized spacial score (nSPS) is 43.9. The molecule has 5 aliphatic rings. The van der Waals surface area contributed by atoms with Crippen LogP contribution in [-0.4, -0.2) is 47.4 Å². The first-order valence-electron chi connectivity index (χ1n) is 13.5. The van der Waals surface area contributed by atoms with Crippen LogP contribution in [0.25, 0.3) is 0 Å². The van der Waals surface area contributed by atoms with Gasteiger partial charge in [0.05, 0.1) is 12.0 Å². The van der Waals surface area contributed by atoms with Crippen LogP contribution in [0.5, 0.6) is 0 Å². The third kappa shape index (κ3) is 3.48. The van der Waals surface area contributed by atoms with Crippen molar-refractivity contribution in [3.05, 3.63) is 23.8 Å². The van der Waals surface area contributed by atoms with Gasteiger partial charge < -0.3 is 14.2 Å². The number of hydrogen-bond acceptors (Lipinski definition) is 7. The molecule has 0 bridgehead atoms. The highest BCUT2D eigenvalue weighted by Gasteiger charge is 2.81. The van der Waals surface area contributed by atoms with Crippen LogP contribution in [0.15, 0.2) is 23.8 Å². The van der Waals surface area contributed by atoms with Crippen LogP contribution in [0.3, 0.4) is 0 Å². The second kappa shape index (κ2) is 8.64. The Morgan fingerprint density at radius 1 is 1.03 bits per heavy atom. The Morgan fingerprint density at radius 2 is 1.69 bits per heavy atom. The Morgan fingerprint density at radius 3 is 2.33 bits per heavy atom. The van der Waals surface area contributed by atoms with Crippen LogP contribution in [0.4, 0.5) is 0 Å². The first-order valence-corrected chi connectivity index (χ1v) is 13.5. The van der Waals surface area contributed by atoms with Crippen molar-refractivity contribution in [2.45, 2.75) is 103 Å². The lowest BCUT2D eigenvalue weighted by atomic mass is 9.47. The summed E-state index contributed by atoms with van der Waals surface area (Å²) >= 11 is 0. The molecule has 196 valence electrons. The molecule has 36 heavy (non-hydrogen) atoms.